The number of carbonyl (C=O) groups is 2. The summed E-state index contributed by atoms with van der Waals surface area (Å²) < 4.78 is 24.5. The van der Waals surface area contributed by atoms with Crippen LogP contribution in [0, 0.1) is 11.8 Å². The van der Waals surface area contributed by atoms with Crippen molar-refractivity contribution in [3.63, 3.8) is 0 Å². The van der Waals surface area contributed by atoms with Gasteiger partial charge in [-0.1, -0.05) is 0 Å². The Labute approximate surface area is 242 Å². The van der Waals surface area contributed by atoms with Gasteiger partial charge in [-0.05, 0) is 50.6 Å². The van der Waals surface area contributed by atoms with Crippen molar-refractivity contribution >= 4 is 17.5 Å². The van der Waals surface area contributed by atoms with Gasteiger partial charge in [0.15, 0.2) is 5.60 Å². The largest absolute Gasteiger partial charge is 0.510 e. The maximum Gasteiger partial charge on any atom is 0.262 e. The molecule has 2 heterocycles. The molecule has 42 heavy (non-hydrogen) atoms. The highest BCUT2D eigenvalue weighted by molar-refractivity contribution is 6.05. The van der Waals surface area contributed by atoms with Crippen molar-refractivity contribution in [2.45, 2.75) is 43.0 Å². The summed E-state index contributed by atoms with van der Waals surface area (Å²) in [5, 5.41) is 50.2. The average molecular weight is 588 g/mol. The molecule has 228 valence electrons. The summed E-state index contributed by atoms with van der Waals surface area (Å²) in [6, 6.07) is 2.36. The zero-order valence-electron chi connectivity index (χ0n) is 24.3. The minimum Gasteiger partial charge on any atom is -0.510 e. The van der Waals surface area contributed by atoms with E-state index in [1.807, 2.05) is 19.0 Å². The van der Waals surface area contributed by atoms with Gasteiger partial charge in [0.25, 0.3) is 5.91 Å². The van der Waals surface area contributed by atoms with Crippen LogP contribution in [0.5, 0.6) is 5.75 Å². The van der Waals surface area contributed by atoms with Gasteiger partial charge in [-0.15, -0.1) is 0 Å². The number of carbonyl (C=O) groups excluding carboxylic acids is 2. The van der Waals surface area contributed by atoms with Gasteiger partial charge in [0, 0.05) is 38.2 Å². The van der Waals surface area contributed by atoms with Crippen LogP contribution in [0.3, 0.4) is 0 Å². The van der Waals surface area contributed by atoms with Crippen LogP contribution in [0.4, 0.5) is 5.69 Å². The van der Waals surface area contributed by atoms with E-state index in [9.17, 15) is 30.0 Å². The molecular weight excluding hydrogens is 550 g/mol. The molecule has 13 heteroatoms. The van der Waals surface area contributed by atoms with E-state index in [0.717, 1.165) is 18.2 Å². The number of nitrogens with one attached hydrogen (secondary N) is 1. The number of benzene rings is 1. The zero-order valence-corrected chi connectivity index (χ0v) is 24.3. The number of nitrogens with zero attached hydrogens (tertiary/aromatic N) is 2. The predicted octanol–water partition coefficient (Wildman–Crippen LogP) is 0.555. The highest BCUT2D eigenvalue weighted by Crippen LogP contribution is 2.63. The molecule has 2 fully saturated rings. The van der Waals surface area contributed by atoms with Crippen LogP contribution < -0.4 is 10.2 Å². The molecular formula is C29H37N3O10. The lowest BCUT2D eigenvalue weighted by atomic mass is 9.56. The Morgan fingerprint density at radius 2 is 1.60 bits per heavy atom. The van der Waals surface area contributed by atoms with Gasteiger partial charge in [0.2, 0.25) is 17.5 Å². The molecule has 0 radical (unpaired) electrons. The SMILES string of the molecule is CC(=O)NC(=O)C1=C(O)[C@@H](N(C)C)[C@@H]2C[C@@H]3Cc4c(N(C)C)ccc(O)c4C4(OCCO4)C3=C(O)[C@]2(O)C12OCCO2. The van der Waals surface area contributed by atoms with E-state index >= 15 is 0 Å². The fraction of sp³-hybridized carbons (Fsp3) is 0.586. The molecule has 0 aromatic heterocycles. The number of fused-ring (bicyclic) bond motifs is 6. The van der Waals surface area contributed by atoms with E-state index in [1.165, 1.54) is 6.07 Å². The molecule has 0 saturated carbocycles. The molecule has 5 N–H and O–H groups in total. The van der Waals surface area contributed by atoms with Gasteiger partial charge in [0.1, 0.15) is 22.8 Å². The Bertz CT molecular complexity index is 1410. The lowest BCUT2D eigenvalue weighted by Crippen LogP contribution is -2.72. The number of anilines is 1. The fourth-order valence-electron chi connectivity index (χ4n) is 7.81. The molecule has 3 aliphatic carbocycles. The lowest BCUT2D eigenvalue weighted by molar-refractivity contribution is -0.281. The van der Waals surface area contributed by atoms with Crippen molar-refractivity contribution < 1.29 is 49.0 Å². The number of phenols is 1. The second kappa shape index (κ2) is 9.66. The number of aliphatic hydroxyl groups excluding tert-OH is 2. The van der Waals surface area contributed by atoms with Crippen molar-refractivity contribution in [1.82, 2.24) is 10.2 Å². The highest BCUT2D eigenvalue weighted by atomic mass is 16.8. The van der Waals surface area contributed by atoms with Crippen LogP contribution in [-0.4, -0.2) is 109 Å². The molecule has 2 aliphatic heterocycles. The topological polar surface area (TPSA) is 170 Å². The summed E-state index contributed by atoms with van der Waals surface area (Å²) in [5.74, 6) is -8.35. The van der Waals surface area contributed by atoms with E-state index in [1.54, 1.807) is 25.1 Å². The smallest absolute Gasteiger partial charge is 0.262 e. The summed E-state index contributed by atoms with van der Waals surface area (Å²) in [6.45, 7) is 1.32. The minimum absolute atomic E-state index is 0.0637. The number of likely N-dealkylation sites (N-methyl/N-ethyl adjacent to an activating group) is 1. The molecule has 2 amide bonds. The van der Waals surface area contributed by atoms with E-state index in [2.05, 4.69) is 5.32 Å². The number of rotatable bonds is 3. The number of imide groups is 1. The first-order valence-electron chi connectivity index (χ1n) is 14.0. The van der Waals surface area contributed by atoms with Crippen molar-refractivity contribution in [2.75, 3.05) is 59.5 Å². The lowest BCUT2D eigenvalue weighted by Gasteiger charge is -2.58. The van der Waals surface area contributed by atoms with E-state index in [-0.39, 0.29) is 44.2 Å². The molecule has 2 spiro atoms. The van der Waals surface area contributed by atoms with Gasteiger partial charge in [-0.25, -0.2) is 0 Å². The Hall–Kier alpha value is -3.20. The van der Waals surface area contributed by atoms with Crippen LogP contribution >= 0.6 is 0 Å². The molecule has 2 saturated heterocycles. The van der Waals surface area contributed by atoms with Gasteiger partial charge >= 0.3 is 0 Å². The number of amides is 2. The summed E-state index contributed by atoms with van der Waals surface area (Å²) >= 11 is 0. The first-order chi connectivity index (χ1) is 19.8. The number of hydrogen-bond donors (Lipinski definition) is 5. The first-order valence-corrected chi connectivity index (χ1v) is 14.0. The second-order valence-electron chi connectivity index (χ2n) is 11.9. The quantitative estimate of drug-likeness (QED) is 0.333. The summed E-state index contributed by atoms with van der Waals surface area (Å²) in [6.07, 6.45) is 0.546. The van der Waals surface area contributed by atoms with Crippen LogP contribution in [0.25, 0.3) is 0 Å². The van der Waals surface area contributed by atoms with Crippen LogP contribution in [0.15, 0.2) is 34.8 Å². The number of aliphatic hydroxyl groups is 3. The van der Waals surface area contributed by atoms with E-state index in [4.69, 9.17) is 18.9 Å². The maximum atomic E-state index is 13.5. The van der Waals surface area contributed by atoms with Crippen molar-refractivity contribution in [3.8, 4) is 5.75 Å². The standard InChI is InChI=1S/C29H37N3O10/c1-14(33)30-26(37)22-24(35)23(32(4)5)17-13-15-12-16-18(31(2)3)6-7-19(34)21(16)28(39-8-9-40-28)20(15)25(36)27(17,38)29(22)41-10-11-42-29/h6-7,15,17,23,34-36,38H,8-13H2,1-5H3,(H,30,33,37)/t15-,17-,23-,27-/m0/s1. The molecule has 6 rings (SSSR count). The van der Waals surface area contributed by atoms with Crippen molar-refractivity contribution in [2.24, 2.45) is 11.8 Å². The number of ether oxygens (including phenoxy) is 4. The normalized spacial score (nSPS) is 30.9. The Kier molecular flexibility index (Phi) is 6.65. The number of phenolic OH excluding ortho intramolecular Hbond substituents is 1. The molecule has 0 bridgehead atoms. The second-order valence-corrected chi connectivity index (χ2v) is 11.9. The third-order valence-electron chi connectivity index (χ3n) is 9.19. The van der Waals surface area contributed by atoms with E-state index < -0.39 is 64.0 Å². The third-order valence-corrected chi connectivity index (χ3v) is 9.19. The third kappa shape index (κ3) is 3.58. The highest BCUT2D eigenvalue weighted by Gasteiger charge is 2.75. The van der Waals surface area contributed by atoms with E-state index in [0.29, 0.717) is 12.0 Å². The van der Waals surface area contributed by atoms with Crippen molar-refractivity contribution in [3.05, 3.63) is 45.9 Å². The molecule has 0 unspecified atom stereocenters. The fourth-order valence-corrected chi connectivity index (χ4v) is 7.81. The summed E-state index contributed by atoms with van der Waals surface area (Å²) in [7, 11) is 7.12. The first kappa shape index (κ1) is 28.9. The van der Waals surface area contributed by atoms with Gasteiger partial charge in [0.05, 0.1) is 38.0 Å². The Balaban J connectivity index is 1.66. The number of aromatic hydroxyl groups is 1. The minimum atomic E-state index is -2.44. The zero-order chi connectivity index (χ0) is 30.4. The van der Waals surface area contributed by atoms with Gasteiger partial charge in [-0.3, -0.25) is 19.8 Å². The Morgan fingerprint density at radius 3 is 2.17 bits per heavy atom. The van der Waals surface area contributed by atoms with Crippen LogP contribution in [-0.2, 0) is 40.7 Å². The molecule has 4 atom stereocenters. The number of hydrogen-bond acceptors (Lipinski definition) is 12. The average Bonchev–Trinajstić information content (AvgIpc) is 3.57. The summed E-state index contributed by atoms with van der Waals surface area (Å²) in [5.41, 5.74) is -0.806. The van der Waals surface area contributed by atoms with Crippen LogP contribution in [0.2, 0.25) is 0 Å². The van der Waals surface area contributed by atoms with Gasteiger partial charge < -0.3 is 44.3 Å². The molecule has 1 aromatic rings. The molecule has 1 aromatic carbocycles. The molecule has 13 nitrogen and oxygen atoms in total. The van der Waals surface area contributed by atoms with Crippen molar-refractivity contribution in [1.29, 1.82) is 0 Å². The summed E-state index contributed by atoms with van der Waals surface area (Å²) in [4.78, 5) is 29.0. The molecule has 5 aliphatic rings. The monoisotopic (exact) mass is 587 g/mol. The predicted molar refractivity (Wildman–Crippen MR) is 147 cm³/mol. The van der Waals surface area contributed by atoms with Gasteiger partial charge in [-0.2, -0.15) is 0 Å². The Morgan fingerprint density at radius 1 is 0.976 bits per heavy atom. The maximum absolute atomic E-state index is 13.5. The van der Waals surface area contributed by atoms with Crippen LogP contribution in [0.1, 0.15) is 24.5 Å².